The Morgan fingerprint density at radius 1 is 1.30 bits per heavy atom. The summed E-state index contributed by atoms with van der Waals surface area (Å²) in [6.45, 7) is 0. The van der Waals surface area contributed by atoms with Crippen molar-refractivity contribution in [1.29, 1.82) is 0 Å². The predicted octanol–water partition coefficient (Wildman–Crippen LogP) is 2.35. The number of furan rings is 1. The molecule has 0 saturated carbocycles. The van der Waals surface area contributed by atoms with Gasteiger partial charge in [-0.25, -0.2) is 9.18 Å². The van der Waals surface area contributed by atoms with E-state index in [1.54, 1.807) is 0 Å². The zero-order chi connectivity index (χ0) is 14.5. The number of carbonyl (C=O) groups is 2. The van der Waals surface area contributed by atoms with Crippen LogP contribution in [0, 0.1) is 5.82 Å². The molecule has 2 rings (SSSR count). The molecule has 5 nitrogen and oxygen atoms in total. The molecule has 0 N–H and O–H groups in total. The lowest BCUT2D eigenvalue weighted by Crippen LogP contribution is -2.09. The highest BCUT2D eigenvalue weighted by Gasteiger charge is 2.15. The Morgan fingerprint density at radius 3 is 2.70 bits per heavy atom. The van der Waals surface area contributed by atoms with Crippen molar-refractivity contribution in [2.24, 2.45) is 0 Å². The highest BCUT2D eigenvalue weighted by atomic mass is 19.1. The summed E-state index contributed by atoms with van der Waals surface area (Å²) in [5, 5.41) is 0. The molecule has 2 aromatic rings. The van der Waals surface area contributed by atoms with Gasteiger partial charge in [0.1, 0.15) is 0 Å². The first kappa shape index (κ1) is 13.8. The van der Waals surface area contributed by atoms with E-state index in [2.05, 4.69) is 4.74 Å². The van der Waals surface area contributed by atoms with Crippen LogP contribution >= 0.6 is 0 Å². The second kappa shape index (κ2) is 6.01. The number of hydrogen-bond acceptors (Lipinski definition) is 5. The lowest BCUT2D eigenvalue weighted by molar-refractivity contribution is -0.139. The van der Waals surface area contributed by atoms with E-state index in [1.165, 1.54) is 37.6 Å². The van der Waals surface area contributed by atoms with E-state index >= 15 is 0 Å². The standard InChI is InChI=1S/C14H11FO5/c1-18-13(16)8-9-4-5-11(10(15)7-9)20-14(17)12-3-2-6-19-12/h2-7H,8H2,1H3. The van der Waals surface area contributed by atoms with E-state index in [-0.39, 0.29) is 17.9 Å². The molecule has 0 bridgehead atoms. The molecule has 0 amide bonds. The summed E-state index contributed by atoms with van der Waals surface area (Å²) in [6, 6.07) is 6.79. The Hall–Kier alpha value is -2.63. The molecule has 0 spiro atoms. The molecular formula is C14H11FO5. The largest absolute Gasteiger partial charge is 0.469 e. The molecule has 0 radical (unpaired) electrons. The highest BCUT2D eigenvalue weighted by Crippen LogP contribution is 2.20. The van der Waals surface area contributed by atoms with Crippen molar-refractivity contribution in [2.45, 2.75) is 6.42 Å². The molecule has 20 heavy (non-hydrogen) atoms. The van der Waals surface area contributed by atoms with Crippen LogP contribution in [0.25, 0.3) is 0 Å². The SMILES string of the molecule is COC(=O)Cc1ccc(OC(=O)c2ccco2)c(F)c1. The van der Waals surface area contributed by atoms with Gasteiger partial charge in [0.25, 0.3) is 0 Å². The first-order chi connectivity index (χ1) is 9.60. The van der Waals surface area contributed by atoms with Crippen molar-refractivity contribution in [3.05, 3.63) is 53.7 Å². The van der Waals surface area contributed by atoms with Gasteiger partial charge in [-0.3, -0.25) is 4.79 Å². The number of esters is 2. The maximum absolute atomic E-state index is 13.7. The molecular weight excluding hydrogens is 267 g/mol. The predicted molar refractivity (Wildman–Crippen MR) is 65.8 cm³/mol. The van der Waals surface area contributed by atoms with Crippen LogP contribution in [0.1, 0.15) is 16.1 Å². The molecule has 0 aliphatic heterocycles. The van der Waals surface area contributed by atoms with Gasteiger partial charge in [-0.1, -0.05) is 6.07 Å². The lowest BCUT2D eigenvalue weighted by atomic mass is 10.1. The summed E-state index contributed by atoms with van der Waals surface area (Å²) in [4.78, 5) is 22.6. The Bertz CT molecular complexity index is 618. The van der Waals surface area contributed by atoms with Crippen molar-refractivity contribution < 1.29 is 27.9 Å². The van der Waals surface area contributed by atoms with Crippen LogP contribution in [0.4, 0.5) is 4.39 Å². The molecule has 0 unspecified atom stereocenters. The van der Waals surface area contributed by atoms with Gasteiger partial charge in [-0.15, -0.1) is 0 Å². The number of methoxy groups -OCH3 is 1. The minimum absolute atomic E-state index is 0.0250. The van der Waals surface area contributed by atoms with E-state index in [0.29, 0.717) is 5.56 Å². The number of halogens is 1. The first-order valence-electron chi connectivity index (χ1n) is 5.71. The average Bonchev–Trinajstić information content (AvgIpc) is 2.95. The van der Waals surface area contributed by atoms with E-state index in [4.69, 9.17) is 9.15 Å². The van der Waals surface area contributed by atoms with Gasteiger partial charge >= 0.3 is 11.9 Å². The zero-order valence-corrected chi connectivity index (χ0v) is 10.6. The van der Waals surface area contributed by atoms with Crippen molar-refractivity contribution in [1.82, 2.24) is 0 Å². The fraction of sp³-hybridized carbons (Fsp3) is 0.143. The van der Waals surface area contributed by atoms with Crippen molar-refractivity contribution in [3.63, 3.8) is 0 Å². The Kier molecular flexibility index (Phi) is 4.14. The van der Waals surface area contributed by atoms with Crippen LogP contribution in [-0.2, 0) is 16.0 Å². The van der Waals surface area contributed by atoms with Gasteiger partial charge in [-0.05, 0) is 29.8 Å². The molecule has 1 aromatic heterocycles. The second-order valence-electron chi connectivity index (χ2n) is 3.88. The Morgan fingerprint density at radius 2 is 2.10 bits per heavy atom. The average molecular weight is 278 g/mol. The minimum Gasteiger partial charge on any atom is -0.469 e. The third-order valence-electron chi connectivity index (χ3n) is 2.50. The molecule has 0 fully saturated rings. The number of hydrogen-bond donors (Lipinski definition) is 0. The normalized spacial score (nSPS) is 10.1. The lowest BCUT2D eigenvalue weighted by Gasteiger charge is -2.05. The molecule has 0 saturated heterocycles. The fourth-order valence-electron chi connectivity index (χ4n) is 1.52. The third kappa shape index (κ3) is 3.23. The van der Waals surface area contributed by atoms with Gasteiger partial charge < -0.3 is 13.9 Å². The second-order valence-corrected chi connectivity index (χ2v) is 3.88. The van der Waals surface area contributed by atoms with Gasteiger partial charge in [0, 0.05) is 0 Å². The summed E-state index contributed by atoms with van der Waals surface area (Å²) in [7, 11) is 1.25. The number of ether oxygens (including phenoxy) is 2. The van der Waals surface area contributed by atoms with E-state index in [1.807, 2.05) is 0 Å². The van der Waals surface area contributed by atoms with Gasteiger partial charge in [-0.2, -0.15) is 0 Å². The van der Waals surface area contributed by atoms with Crippen LogP contribution in [0.2, 0.25) is 0 Å². The Labute approximate surface area is 113 Å². The van der Waals surface area contributed by atoms with Crippen molar-refractivity contribution >= 4 is 11.9 Å². The molecule has 1 heterocycles. The van der Waals surface area contributed by atoms with Crippen LogP contribution in [0.3, 0.4) is 0 Å². The summed E-state index contributed by atoms with van der Waals surface area (Å²) < 4.78 is 27.9. The summed E-state index contributed by atoms with van der Waals surface area (Å²) >= 11 is 0. The molecule has 0 aliphatic rings. The topological polar surface area (TPSA) is 65.7 Å². The molecule has 104 valence electrons. The highest BCUT2D eigenvalue weighted by molar-refractivity contribution is 5.88. The number of carbonyl (C=O) groups excluding carboxylic acids is 2. The minimum atomic E-state index is -0.797. The smallest absolute Gasteiger partial charge is 0.379 e. The first-order valence-corrected chi connectivity index (χ1v) is 5.71. The number of benzene rings is 1. The van der Waals surface area contributed by atoms with Crippen LogP contribution < -0.4 is 4.74 Å². The van der Waals surface area contributed by atoms with E-state index in [0.717, 1.165) is 6.07 Å². The van der Waals surface area contributed by atoms with Crippen LogP contribution in [0.5, 0.6) is 5.75 Å². The molecule has 6 heteroatoms. The maximum Gasteiger partial charge on any atom is 0.379 e. The summed E-state index contributed by atoms with van der Waals surface area (Å²) in [6.07, 6.45) is 1.26. The summed E-state index contributed by atoms with van der Waals surface area (Å²) in [5.74, 6) is -2.28. The van der Waals surface area contributed by atoms with Crippen molar-refractivity contribution in [3.8, 4) is 5.75 Å². The quantitative estimate of drug-likeness (QED) is 0.634. The fourth-order valence-corrected chi connectivity index (χ4v) is 1.52. The van der Waals surface area contributed by atoms with Gasteiger partial charge in [0.05, 0.1) is 19.8 Å². The third-order valence-corrected chi connectivity index (χ3v) is 2.50. The van der Waals surface area contributed by atoms with Crippen LogP contribution in [-0.4, -0.2) is 19.0 Å². The van der Waals surface area contributed by atoms with Crippen molar-refractivity contribution in [2.75, 3.05) is 7.11 Å². The van der Waals surface area contributed by atoms with E-state index in [9.17, 15) is 14.0 Å². The number of rotatable bonds is 4. The van der Waals surface area contributed by atoms with Gasteiger partial charge in [0.15, 0.2) is 11.6 Å². The summed E-state index contributed by atoms with van der Waals surface area (Å²) in [5.41, 5.74) is 0.423. The Balaban J connectivity index is 2.10. The van der Waals surface area contributed by atoms with Crippen LogP contribution in [0.15, 0.2) is 41.0 Å². The molecule has 0 aliphatic carbocycles. The van der Waals surface area contributed by atoms with Gasteiger partial charge in [0.2, 0.25) is 5.76 Å². The monoisotopic (exact) mass is 278 g/mol. The zero-order valence-electron chi connectivity index (χ0n) is 10.6. The molecule has 0 atom stereocenters. The molecule has 1 aromatic carbocycles. The maximum atomic E-state index is 13.7. The van der Waals surface area contributed by atoms with E-state index < -0.39 is 17.8 Å².